The van der Waals surface area contributed by atoms with Crippen LogP contribution in [-0.2, 0) is 11.2 Å². The van der Waals surface area contributed by atoms with Gasteiger partial charge < -0.3 is 4.74 Å². The van der Waals surface area contributed by atoms with Gasteiger partial charge in [0.25, 0.3) is 0 Å². The molecule has 0 amide bonds. The molecule has 0 atom stereocenters. The molecule has 0 aliphatic rings. The van der Waals surface area contributed by atoms with Gasteiger partial charge in [-0.2, -0.15) is 8.78 Å². The molecule has 0 aliphatic heterocycles. The van der Waals surface area contributed by atoms with Gasteiger partial charge in [0, 0.05) is 5.02 Å². The summed E-state index contributed by atoms with van der Waals surface area (Å²) in [7, 11) is 0. The minimum Gasteiger partial charge on any atom is -0.420 e. The van der Waals surface area contributed by atoms with Crippen molar-refractivity contribution in [2.75, 3.05) is 0 Å². The SMILES string of the molecule is O=C(Cc1ccc(Cl)cc1)Oc1c(F)c(F)c(F)c(F)c1F. The molecule has 0 saturated carbocycles. The van der Waals surface area contributed by atoms with Crippen molar-refractivity contribution in [1.29, 1.82) is 0 Å². The number of esters is 1. The van der Waals surface area contributed by atoms with E-state index in [1.807, 2.05) is 0 Å². The third kappa shape index (κ3) is 3.19. The van der Waals surface area contributed by atoms with E-state index in [0.717, 1.165) is 0 Å². The predicted octanol–water partition coefficient (Wildman–Crippen LogP) is 4.18. The van der Waals surface area contributed by atoms with Crippen LogP contribution in [-0.4, -0.2) is 5.97 Å². The van der Waals surface area contributed by atoms with Gasteiger partial charge in [0.15, 0.2) is 0 Å². The first kappa shape index (κ1) is 16.2. The Kier molecular flexibility index (Phi) is 4.65. The lowest BCUT2D eigenvalue weighted by Gasteiger charge is -2.09. The highest BCUT2D eigenvalue weighted by Crippen LogP contribution is 2.29. The Labute approximate surface area is 126 Å². The molecular weight excluding hydrogens is 331 g/mol. The highest BCUT2D eigenvalue weighted by atomic mass is 35.5. The molecule has 0 N–H and O–H groups in total. The Bertz CT molecular complexity index is 702. The van der Waals surface area contributed by atoms with E-state index in [2.05, 4.69) is 4.74 Å². The van der Waals surface area contributed by atoms with E-state index >= 15 is 0 Å². The monoisotopic (exact) mass is 336 g/mol. The van der Waals surface area contributed by atoms with Crippen LogP contribution >= 0.6 is 11.6 Å². The van der Waals surface area contributed by atoms with Crippen molar-refractivity contribution >= 4 is 17.6 Å². The fourth-order valence-electron chi connectivity index (χ4n) is 1.59. The second-order valence-corrected chi connectivity index (χ2v) is 4.61. The highest BCUT2D eigenvalue weighted by molar-refractivity contribution is 6.30. The van der Waals surface area contributed by atoms with Gasteiger partial charge in [0.05, 0.1) is 6.42 Å². The molecule has 0 aliphatic carbocycles. The number of hydrogen-bond donors (Lipinski definition) is 0. The third-order valence-electron chi connectivity index (χ3n) is 2.65. The Hall–Kier alpha value is -2.15. The number of halogens is 6. The smallest absolute Gasteiger partial charge is 0.315 e. The minimum absolute atomic E-state index is 0.387. The molecule has 0 heterocycles. The minimum atomic E-state index is -2.33. The van der Waals surface area contributed by atoms with E-state index in [1.165, 1.54) is 24.3 Å². The molecule has 0 radical (unpaired) electrons. The van der Waals surface area contributed by atoms with Crippen LogP contribution in [0.1, 0.15) is 5.56 Å². The summed E-state index contributed by atoms with van der Waals surface area (Å²) >= 11 is 5.63. The second kappa shape index (κ2) is 6.31. The lowest BCUT2D eigenvalue weighted by molar-refractivity contribution is -0.134. The number of rotatable bonds is 3. The molecule has 8 heteroatoms. The molecule has 2 rings (SSSR count). The predicted molar refractivity (Wildman–Crippen MR) is 67.0 cm³/mol. The quantitative estimate of drug-likeness (QED) is 0.276. The highest BCUT2D eigenvalue weighted by Gasteiger charge is 2.28. The summed E-state index contributed by atoms with van der Waals surface area (Å²) in [6.45, 7) is 0. The molecule has 2 aromatic rings. The van der Waals surface area contributed by atoms with Gasteiger partial charge >= 0.3 is 5.97 Å². The van der Waals surface area contributed by atoms with Gasteiger partial charge in [-0.1, -0.05) is 23.7 Å². The summed E-state index contributed by atoms with van der Waals surface area (Å²) in [4.78, 5) is 11.6. The van der Waals surface area contributed by atoms with Crippen LogP contribution in [0.4, 0.5) is 22.0 Å². The fourth-order valence-corrected chi connectivity index (χ4v) is 1.72. The summed E-state index contributed by atoms with van der Waals surface area (Å²) in [6.07, 6.45) is -0.434. The van der Waals surface area contributed by atoms with Crippen molar-refractivity contribution in [2.45, 2.75) is 6.42 Å². The normalized spacial score (nSPS) is 10.6. The third-order valence-corrected chi connectivity index (χ3v) is 2.90. The van der Waals surface area contributed by atoms with Crippen LogP contribution in [0.25, 0.3) is 0 Å². The number of ether oxygens (including phenoxy) is 1. The van der Waals surface area contributed by atoms with Gasteiger partial charge in [-0.05, 0) is 17.7 Å². The first-order valence-corrected chi connectivity index (χ1v) is 6.15. The van der Waals surface area contributed by atoms with Crippen LogP contribution in [0.2, 0.25) is 5.02 Å². The zero-order valence-corrected chi connectivity index (χ0v) is 11.4. The van der Waals surface area contributed by atoms with Crippen LogP contribution in [0.5, 0.6) is 5.75 Å². The molecule has 0 spiro atoms. The Morgan fingerprint density at radius 3 is 1.82 bits per heavy atom. The summed E-state index contributed by atoms with van der Waals surface area (Å²) in [5, 5.41) is 0.400. The molecule has 2 nitrogen and oxygen atoms in total. The first-order chi connectivity index (χ1) is 10.3. The average Bonchev–Trinajstić information content (AvgIpc) is 2.50. The molecule has 0 bridgehead atoms. The molecule has 116 valence electrons. The maximum atomic E-state index is 13.3. The molecular formula is C14H6ClF5O2. The number of carbonyl (C=O) groups is 1. The lowest BCUT2D eigenvalue weighted by Crippen LogP contribution is -2.15. The molecule has 0 saturated heterocycles. The standard InChI is InChI=1S/C14H6ClF5O2/c15-7-3-1-6(2-4-7)5-8(21)22-14-12(19)10(17)9(16)11(18)13(14)20/h1-4H,5H2. The topological polar surface area (TPSA) is 26.3 Å². The van der Waals surface area contributed by atoms with Gasteiger partial charge in [-0.15, -0.1) is 0 Å². The van der Waals surface area contributed by atoms with Gasteiger partial charge in [0.1, 0.15) is 0 Å². The first-order valence-electron chi connectivity index (χ1n) is 5.77. The Morgan fingerprint density at radius 2 is 1.32 bits per heavy atom. The number of carbonyl (C=O) groups excluding carboxylic acids is 1. The zero-order valence-electron chi connectivity index (χ0n) is 10.6. The van der Waals surface area contributed by atoms with Crippen molar-refractivity contribution in [3.63, 3.8) is 0 Å². The van der Waals surface area contributed by atoms with E-state index in [9.17, 15) is 26.7 Å². The molecule has 0 aromatic heterocycles. The fraction of sp³-hybridized carbons (Fsp3) is 0.0714. The van der Waals surface area contributed by atoms with Crippen LogP contribution in [0.15, 0.2) is 24.3 Å². The maximum absolute atomic E-state index is 13.3. The average molecular weight is 337 g/mol. The largest absolute Gasteiger partial charge is 0.420 e. The Morgan fingerprint density at radius 1 is 0.864 bits per heavy atom. The van der Waals surface area contributed by atoms with Crippen molar-refractivity contribution in [3.8, 4) is 5.75 Å². The van der Waals surface area contributed by atoms with Crippen LogP contribution in [0, 0.1) is 29.1 Å². The Balaban J connectivity index is 2.24. The molecule has 2 aromatic carbocycles. The molecule has 0 unspecified atom stereocenters. The lowest BCUT2D eigenvalue weighted by atomic mass is 10.1. The van der Waals surface area contributed by atoms with Gasteiger partial charge in [-0.3, -0.25) is 4.79 Å². The summed E-state index contributed by atoms with van der Waals surface area (Å²) < 4.78 is 69.7. The number of hydrogen-bond acceptors (Lipinski definition) is 2. The van der Waals surface area contributed by atoms with Crippen LogP contribution < -0.4 is 4.74 Å². The van der Waals surface area contributed by atoms with Crippen molar-refractivity contribution < 1.29 is 31.5 Å². The number of benzene rings is 2. The summed E-state index contributed by atoms with van der Waals surface area (Å²) in [6, 6.07) is 5.81. The van der Waals surface area contributed by atoms with E-state index in [1.54, 1.807) is 0 Å². The van der Waals surface area contributed by atoms with Gasteiger partial charge in [0.2, 0.25) is 34.8 Å². The van der Waals surface area contributed by atoms with Crippen molar-refractivity contribution in [2.24, 2.45) is 0 Å². The van der Waals surface area contributed by atoms with Gasteiger partial charge in [-0.25, -0.2) is 13.2 Å². The second-order valence-electron chi connectivity index (χ2n) is 4.18. The zero-order chi connectivity index (χ0) is 16.4. The van der Waals surface area contributed by atoms with Crippen molar-refractivity contribution in [3.05, 3.63) is 63.9 Å². The molecule has 22 heavy (non-hydrogen) atoms. The summed E-state index contributed by atoms with van der Waals surface area (Å²) in [5.74, 6) is -13.9. The van der Waals surface area contributed by atoms with E-state index in [4.69, 9.17) is 11.6 Å². The maximum Gasteiger partial charge on any atom is 0.315 e. The van der Waals surface area contributed by atoms with Crippen LogP contribution in [0.3, 0.4) is 0 Å². The van der Waals surface area contributed by atoms with E-state index in [0.29, 0.717) is 10.6 Å². The summed E-state index contributed by atoms with van der Waals surface area (Å²) in [5.41, 5.74) is 0.387. The molecule has 0 fully saturated rings. The van der Waals surface area contributed by atoms with Crippen molar-refractivity contribution in [1.82, 2.24) is 0 Å². The van der Waals surface area contributed by atoms with E-state index < -0.39 is 47.2 Å². The van der Waals surface area contributed by atoms with E-state index in [-0.39, 0.29) is 0 Å².